The summed E-state index contributed by atoms with van der Waals surface area (Å²) in [4.78, 5) is 2.79. The number of hydrogen-bond acceptors (Lipinski definition) is 3. The number of anilines is 1. The first-order chi connectivity index (χ1) is 8.20. The highest BCUT2D eigenvalue weighted by Gasteiger charge is 2.21. The van der Waals surface area contributed by atoms with Crippen LogP contribution in [-0.2, 0) is 0 Å². The van der Waals surface area contributed by atoms with Crippen LogP contribution in [0.1, 0.15) is 18.4 Å². The van der Waals surface area contributed by atoms with Crippen molar-refractivity contribution in [2.24, 2.45) is 11.7 Å². The smallest absolute Gasteiger partial charge is 0.103 e. The highest BCUT2D eigenvalue weighted by Crippen LogP contribution is 2.25. The molecular formula is C13H18N2OS. The Hall–Kier alpha value is -1.13. The highest BCUT2D eigenvalue weighted by atomic mass is 32.1. The maximum Gasteiger partial charge on any atom is 0.103 e. The van der Waals surface area contributed by atoms with Crippen LogP contribution in [0.5, 0.6) is 0 Å². The summed E-state index contributed by atoms with van der Waals surface area (Å²) in [5, 5.41) is 8.93. The molecule has 0 aliphatic carbocycles. The third-order valence-electron chi connectivity index (χ3n) is 3.34. The fraction of sp³-hybridized carbons (Fsp3) is 0.462. The van der Waals surface area contributed by atoms with Crippen LogP contribution >= 0.6 is 12.2 Å². The minimum Gasteiger partial charge on any atom is -0.396 e. The van der Waals surface area contributed by atoms with Crippen molar-refractivity contribution in [3.8, 4) is 0 Å². The minimum absolute atomic E-state index is 0.291. The lowest BCUT2D eigenvalue weighted by atomic mass is 10.1. The topological polar surface area (TPSA) is 49.5 Å². The number of rotatable bonds is 4. The van der Waals surface area contributed by atoms with E-state index in [1.807, 2.05) is 12.1 Å². The van der Waals surface area contributed by atoms with Gasteiger partial charge in [0.15, 0.2) is 0 Å². The Bertz CT molecular complexity index is 391. The second-order valence-corrected chi connectivity index (χ2v) is 4.96. The van der Waals surface area contributed by atoms with Gasteiger partial charge in [0.25, 0.3) is 0 Å². The molecule has 1 heterocycles. The maximum absolute atomic E-state index is 8.93. The van der Waals surface area contributed by atoms with E-state index in [0.717, 1.165) is 31.5 Å². The van der Waals surface area contributed by atoms with Crippen LogP contribution in [0.2, 0.25) is 0 Å². The highest BCUT2D eigenvalue weighted by molar-refractivity contribution is 7.80. The second kappa shape index (κ2) is 5.47. The average Bonchev–Trinajstić information content (AvgIpc) is 2.78. The summed E-state index contributed by atoms with van der Waals surface area (Å²) in [6, 6.07) is 8.07. The van der Waals surface area contributed by atoms with E-state index in [1.54, 1.807) is 0 Å². The van der Waals surface area contributed by atoms with E-state index in [-0.39, 0.29) is 0 Å². The van der Waals surface area contributed by atoms with Gasteiger partial charge >= 0.3 is 0 Å². The first-order valence-corrected chi connectivity index (χ1v) is 6.37. The van der Waals surface area contributed by atoms with Crippen molar-refractivity contribution in [3.05, 3.63) is 29.8 Å². The van der Waals surface area contributed by atoms with Gasteiger partial charge in [-0.15, -0.1) is 0 Å². The molecule has 1 aliphatic rings. The Kier molecular flexibility index (Phi) is 3.97. The summed E-state index contributed by atoms with van der Waals surface area (Å²) >= 11 is 4.93. The van der Waals surface area contributed by atoms with E-state index in [4.69, 9.17) is 23.1 Å². The quantitative estimate of drug-likeness (QED) is 0.796. The number of nitrogens with two attached hydrogens (primary N) is 1. The van der Waals surface area contributed by atoms with Crippen LogP contribution in [-0.4, -0.2) is 29.8 Å². The molecule has 0 aromatic heterocycles. The van der Waals surface area contributed by atoms with Gasteiger partial charge in [0.2, 0.25) is 0 Å². The second-order valence-electron chi connectivity index (χ2n) is 4.52. The first-order valence-electron chi connectivity index (χ1n) is 5.96. The lowest BCUT2D eigenvalue weighted by Crippen LogP contribution is -2.20. The van der Waals surface area contributed by atoms with Crippen molar-refractivity contribution in [2.45, 2.75) is 12.8 Å². The van der Waals surface area contributed by atoms with Crippen molar-refractivity contribution in [3.63, 3.8) is 0 Å². The van der Waals surface area contributed by atoms with Gasteiger partial charge in [0, 0.05) is 30.9 Å². The van der Waals surface area contributed by atoms with E-state index < -0.39 is 0 Å². The first kappa shape index (κ1) is 12.3. The zero-order valence-electron chi connectivity index (χ0n) is 9.80. The summed E-state index contributed by atoms with van der Waals surface area (Å²) in [7, 11) is 0. The van der Waals surface area contributed by atoms with Crippen molar-refractivity contribution < 1.29 is 5.11 Å². The molecule has 3 N–H and O–H groups in total. The summed E-state index contributed by atoms with van der Waals surface area (Å²) in [6.45, 7) is 2.39. The van der Waals surface area contributed by atoms with Crippen LogP contribution in [0.25, 0.3) is 0 Å². The Morgan fingerprint density at radius 1 is 1.41 bits per heavy atom. The molecule has 92 valence electrons. The SMILES string of the molecule is NC(=S)c1ccc(N2CCC(CCO)C2)cc1. The van der Waals surface area contributed by atoms with Crippen LogP contribution in [0.3, 0.4) is 0 Å². The summed E-state index contributed by atoms with van der Waals surface area (Å²) in [5.41, 5.74) is 7.69. The molecule has 3 nitrogen and oxygen atoms in total. The standard InChI is InChI=1S/C13H18N2OS/c14-13(17)11-1-3-12(4-2-11)15-7-5-10(9-15)6-8-16/h1-4,10,16H,5-9H2,(H2,14,17). The van der Waals surface area contributed by atoms with Gasteiger partial charge in [-0.3, -0.25) is 0 Å². The molecule has 0 saturated carbocycles. The third-order valence-corrected chi connectivity index (χ3v) is 3.58. The zero-order valence-corrected chi connectivity index (χ0v) is 10.6. The molecular weight excluding hydrogens is 232 g/mol. The van der Waals surface area contributed by atoms with E-state index in [1.165, 1.54) is 5.69 Å². The lowest BCUT2D eigenvalue weighted by Gasteiger charge is -2.18. The third kappa shape index (κ3) is 2.96. The Balaban J connectivity index is 2.01. The molecule has 1 saturated heterocycles. The molecule has 1 atom stereocenters. The molecule has 1 aliphatic heterocycles. The Morgan fingerprint density at radius 3 is 2.71 bits per heavy atom. The summed E-state index contributed by atoms with van der Waals surface area (Å²) < 4.78 is 0. The minimum atomic E-state index is 0.291. The largest absolute Gasteiger partial charge is 0.396 e. The molecule has 1 aromatic carbocycles. The fourth-order valence-corrected chi connectivity index (χ4v) is 2.46. The summed E-state index contributed by atoms with van der Waals surface area (Å²) in [5.74, 6) is 0.621. The predicted molar refractivity (Wildman–Crippen MR) is 74.4 cm³/mol. The van der Waals surface area contributed by atoms with Crippen molar-refractivity contribution >= 4 is 22.9 Å². The summed E-state index contributed by atoms with van der Waals surface area (Å²) in [6.07, 6.45) is 2.07. The number of aliphatic hydroxyl groups excluding tert-OH is 1. The Labute approximate surface area is 107 Å². The average molecular weight is 250 g/mol. The molecule has 0 amide bonds. The molecule has 0 radical (unpaired) electrons. The molecule has 2 rings (SSSR count). The van der Waals surface area contributed by atoms with Gasteiger partial charge in [0.1, 0.15) is 4.99 Å². The number of nitrogens with zero attached hydrogens (tertiary/aromatic N) is 1. The molecule has 1 fully saturated rings. The number of aliphatic hydroxyl groups is 1. The van der Waals surface area contributed by atoms with Crippen molar-refractivity contribution in [1.82, 2.24) is 0 Å². The van der Waals surface area contributed by atoms with Gasteiger partial charge < -0.3 is 15.7 Å². The van der Waals surface area contributed by atoms with Crippen LogP contribution < -0.4 is 10.6 Å². The molecule has 4 heteroatoms. The van der Waals surface area contributed by atoms with Crippen LogP contribution in [0, 0.1) is 5.92 Å². The molecule has 0 spiro atoms. The van der Waals surface area contributed by atoms with E-state index in [9.17, 15) is 0 Å². The Morgan fingerprint density at radius 2 is 2.12 bits per heavy atom. The van der Waals surface area contributed by atoms with E-state index in [0.29, 0.717) is 17.5 Å². The molecule has 0 bridgehead atoms. The normalized spacial score (nSPS) is 19.6. The van der Waals surface area contributed by atoms with Crippen LogP contribution in [0.4, 0.5) is 5.69 Å². The predicted octanol–water partition coefficient (Wildman–Crippen LogP) is 1.53. The number of benzene rings is 1. The van der Waals surface area contributed by atoms with E-state index >= 15 is 0 Å². The molecule has 1 aromatic rings. The van der Waals surface area contributed by atoms with Gasteiger partial charge in [-0.05, 0) is 43.0 Å². The maximum atomic E-state index is 8.93. The lowest BCUT2D eigenvalue weighted by molar-refractivity contribution is 0.263. The molecule has 1 unspecified atom stereocenters. The molecule has 17 heavy (non-hydrogen) atoms. The van der Waals surface area contributed by atoms with Crippen molar-refractivity contribution in [2.75, 3.05) is 24.6 Å². The van der Waals surface area contributed by atoms with E-state index in [2.05, 4.69) is 17.0 Å². The number of thiocarbonyl (C=S) groups is 1. The van der Waals surface area contributed by atoms with Gasteiger partial charge in [-0.2, -0.15) is 0 Å². The van der Waals surface area contributed by atoms with Gasteiger partial charge in [-0.25, -0.2) is 0 Å². The van der Waals surface area contributed by atoms with Gasteiger partial charge in [0.05, 0.1) is 0 Å². The zero-order chi connectivity index (χ0) is 12.3. The van der Waals surface area contributed by atoms with Gasteiger partial charge in [-0.1, -0.05) is 12.2 Å². The monoisotopic (exact) mass is 250 g/mol. The van der Waals surface area contributed by atoms with Crippen molar-refractivity contribution in [1.29, 1.82) is 0 Å². The fourth-order valence-electron chi connectivity index (χ4n) is 2.32. The number of hydrogen-bond donors (Lipinski definition) is 2. The van der Waals surface area contributed by atoms with Crippen LogP contribution in [0.15, 0.2) is 24.3 Å².